The summed E-state index contributed by atoms with van der Waals surface area (Å²) < 4.78 is 0. The molecule has 1 atom stereocenters. The lowest BCUT2D eigenvalue weighted by molar-refractivity contribution is 0.600. The van der Waals surface area contributed by atoms with E-state index in [2.05, 4.69) is 51.4 Å². The van der Waals surface area contributed by atoms with E-state index in [1.807, 2.05) is 11.8 Å². The van der Waals surface area contributed by atoms with Gasteiger partial charge in [0.05, 0.1) is 0 Å². The zero-order valence-corrected chi connectivity index (χ0v) is 11.9. The lowest BCUT2D eigenvalue weighted by Crippen LogP contribution is -2.24. The van der Waals surface area contributed by atoms with Crippen molar-refractivity contribution in [3.63, 3.8) is 0 Å². The Morgan fingerprint density at radius 3 is 2.19 bits per heavy atom. The van der Waals surface area contributed by atoms with Gasteiger partial charge in [-0.1, -0.05) is 24.6 Å². The molecule has 0 spiro atoms. The van der Waals surface area contributed by atoms with Crippen molar-refractivity contribution in [1.29, 1.82) is 0 Å². The molecule has 0 amide bonds. The molecule has 0 saturated carbocycles. The van der Waals surface area contributed by atoms with Crippen LogP contribution in [0.4, 0.5) is 0 Å². The first-order valence-corrected chi connectivity index (χ1v) is 7.29. The summed E-state index contributed by atoms with van der Waals surface area (Å²) in [5.74, 6) is 1.14. The van der Waals surface area contributed by atoms with E-state index in [1.54, 1.807) is 0 Å². The van der Waals surface area contributed by atoms with Gasteiger partial charge in [0.25, 0.3) is 0 Å². The van der Waals surface area contributed by atoms with Crippen LogP contribution < -0.4 is 5.32 Å². The van der Waals surface area contributed by atoms with Crippen molar-refractivity contribution in [2.24, 2.45) is 0 Å². The van der Waals surface area contributed by atoms with Crippen molar-refractivity contribution in [1.82, 2.24) is 5.32 Å². The minimum Gasteiger partial charge on any atom is -0.309 e. The lowest BCUT2D eigenvalue weighted by Gasteiger charge is -2.22. The van der Waals surface area contributed by atoms with Crippen molar-refractivity contribution in [2.75, 3.05) is 18.6 Å². The Kier molecular flexibility index (Phi) is 5.36. The summed E-state index contributed by atoms with van der Waals surface area (Å²) in [7, 11) is 0. The number of thioether (sulfide) groups is 1. The van der Waals surface area contributed by atoms with Crippen LogP contribution in [-0.4, -0.2) is 18.6 Å². The van der Waals surface area contributed by atoms with Crippen LogP contribution in [0, 0.1) is 20.8 Å². The number of rotatable bonds is 5. The maximum Gasteiger partial charge on any atom is 0.0416 e. The van der Waals surface area contributed by atoms with Crippen molar-refractivity contribution in [2.45, 2.75) is 33.7 Å². The van der Waals surface area contributed by atoms with Crippen LogP contribution in [0.25, 0.3) is 0 Å². The van der Waals surface area contributed by atoms with E-state index in [0.29, 0.717) is 6.04 Å². The molecule has 0 heterocycles. The quantitative estimate of drug-likeness (QED) is 0.839. The molecule has 90 valence electrons. The Labute approximate surface area is 104 Å². The Balaban J connectivity index is 3.07. The molecule has 1 rings (SSSR count). The highest BCUT2D eigenvalue weighted by atomic mass is 32.2. The third-order valence-corrected chi connectivity index (χ3v) is 3.54. The third-order valence-electron chi connectivity index (χ3n) is 2.87. The molecule has 0 aliphatic rings. The Morgan fingerprint density at radius 1 is 1.19 bits per heavy atom. The van der Waals surface area contributed by atoms with Crippen LogP contribution >= 0.6 is 11.8 Å². The van der Waals surface area contributed by atoms with Gasteiger partial charge >= 0.3 is 0 Å². The van der Waals surface area contributed by atoms with Crippen LogP contribution in [0.1, 0.15) is 35.2 Å². The van der Waals surface area contributed by atoms with E-state index in [-0.39, 0.29) is 0 Å². The number of aryl methyl sites for hydroxylation is 3. The van der Waals surface area contributed by atoms with E-state index < -0.39 is 0 Å². The van der Waals surface area contributed by atoms with Gasteiger partial charge in [-0.2, -0.15) is 11.8 Å². The Morgan fingerprint density at radius 2 is 1.75 bits per heavy atom. The fraction of sp³-hybridized carbons (Fsp3) is 0.571. The molecule has 1 aromatic carbocycles. The van der Waals surface area contributed by atoms with Gasteiger partial charge in [-0.25, -0.2) is 0 Å². The molecule has 1 unspecified atom stereocenters. The van der Waals surface area contributed by atoms with Gasteiger partial charge in [-0.15, -0.1) is 0 Å². The molecule has 1 aromatic rings. The largest absolute Gasteiger partial charge is 0.309 e. The summed E-state index contributed by atoms with van der Waals surface area (Å²) in [6, 6.07) is 5.06. The summed E-state index contributed by atoms with van der Waals surface area (Å²) >= 11 is 1.90. The zero-order chi connectivity index (χ0) is 12.1. The van der Waals surface area contributed by atoms with E-state index in [1.165, 1.54) is 22.3 Å². The summed E-state index contributed by atoms with van der Waals surface area (Å²) in [5.41, 5.74) is 5.68. The van der Waals surface area contributed by atoms with E-state index in [4.69, 9.17) is 0 Å². The molecule has 16 heavy (non-hydrogen) atoms. The first-order valence-electron chi connectivity index (χ1n) is 5.90. The second kappa shape index (κ2) is 6.31. The standard InChI is InChI=1S/C14H23NS/c1-6-15-13(9-16-5)14-11(3)7-10(2)8-12(14)4/h7-8,13,15H,6,9H2,1-5H3. The molecule has 0 bridgehead atoms. The van der Waals surface area contributed by atoms with Crippen molar-refractivity contribution < 1.29 is 0 Å². The predicted molar refractivity (Wildman–Crippen MR) is 75.5 cm³/mol. The van der Waals surface area contributed by atoms with Crippen molar-refractivity contribution in [3.8, 4) is 0 Å². The summed E-state index contributed by atoms with van der Waals surface area (Å²) in [6.45, 7) is 9.81. The van der Waals surface area contributed by atoms with Crippen LogP contribution in [0.15, 0.2) is 12.1 Å². The Bertz CT molecular complexity index is 318. The number of nitrogens with one attached hydrogen (secondary N) is 1. The lowest BCUT2D eigenvalue weighted by atomic mass is 9.95. The molecule has 0 aromatic heterocycles. The summed E-state index contributed by atoms with van der Waals surface area (Å²) in [5, 5.41) is 3.58. The molecule has 2 heteroatoms. The molecule has 0 radical (unpaired) electrons. The highest BCUT2D eigenvalue weighted by Gasteiger charge is 2.14. The maximum atomic E-state index is 3.58. The fourth-order valence-electron chi connectivity index (χ4n) is 2.40. The van der Waals surface area contributed by atoms with Crippen LogP contribution in [0.3, 0.4) is 0 Å². The summed E-state index contributed by atoms with van der Waals surface area (Å²) in [4.78, 5) is 0. The minimum atomic E-state index is 0.487. The molecule has 0 fully saturated rings. The summed E-state index contributed by atoms with van der Waals surface area (Å²) in [6.07, 6.45) is 2.17. The third kappa shape index (κ3) is 3.26. The van der Waals surface area contributed by atoms with Crippen LogP contribution in [0.2, 0.25) is 0 Å². The van der Waals surface area contributed by atoms with E-state index in [0.717, 1.165) is 12.3 Å². The smallest absolute Gasteiger partial charge is 0.0416 e. The molecule has 0 aliphatic heterocycles. The topological polar surface area (TPSA) is 12.0 Å². The number of hydrogen-bond acceptors (Lipinski definition) is 2. The van der Waals surface area contributed by atoms with Gasteiger partial charge in [0.1, 0.15) is 0 Å². The zero-order valence-electron chi connectivity index (χ0n) is 11.1. The highest BCUT2D eigenvalue weighted by molar-refractivity contribution is 7.98. The monoisotopic (exact) mass is 237 g/mol. The highest BCUT2D eigenvalue weighted by Crippen LogP contribution is 2.25. The van der Waals surface area contributed by atoms with Gasteiger partial charge in [-0.3, -0.25) is 0 Å². The maximum absolute atomic E-state index is 3.58. The van der Waals surface area contributed by atoms with Crippen LogP contribution in [-0.2, 0) is 0 Å². The number of benzene rings is 1. The molecule has 0 saturated heterocycles. The molecular weight excluding hydrogens is 214 g/mol. The first kappa shape index (κ1) is 13.6. The van der Waals surface area contributed by atoms with Gasteiger partial charge < -0.3 is 5.32 Å². The van der Waals surface area contributed by atoms with Crippen LogP contribution in [0.5, 0.6) is 0 Å². The van der Waals surface area contributed by atoms with Crippen molar-refractivity contribution >= 4 is 11.8 Å². The van der Waals surface area contributed by atoms with E-state index in [9.17, 15) is 0 Å². The molecular formula is C14H23NS. The predicted octanol–water partition coefficient (Wildman–Crippen LogP) is 3.63. The minimum absolute atomic E-state index is 0.487. The Hall–Kier alpha value is -0.470. The van der Waals surface area contributed by atoms with E-state index >= 15 is 0 Å². The normalized spacial score (nSPS) is 12.8. The number of hydrogen-bond donors (Lipinski definition) is 1. The second-order valence-electron chi connectivity index (χ2n) is 4.38. The van der Waals surface area contributed by atoms with Gasteiger partial charge in [-0.05, 0) is 50.3 Å². The average molecular weight is 237 g/mol. The first-order chi connectivity index (χ1) is 7.60. The molecule has 1 nitrogen and oxygen atoms in total. The van der Waals surface area contributed by atoms with Gasteiger partial charge in [0.15, 0.2) is 0 Å². The molecule has 1 N–H and O–H groups in total. The van der Waals surface area contributed by atoms with Gasteiger partial charge in [0, 0.05) is 11.8 Å². The van der Waals surface area contributed by atoms with Crippen molar-refractivity contribution in [3.05, 3.63) is 34.4 Å². The molecule has 0 aliphatic carbocycles. The second-order valence-corrected chi connectivity index (χ2v) is 5.29. The fourth-order valence-corrected chi connectivity index (χ4v) is 3.02. The SMILES string of the molecule is CCNC(CSC)c1c(C)cc(C)cc1C. The average Bonchev–Trinajstić information content (AvgIpc) is 2.16. The van der Waals surface area contributed by atoms with Gasteiger partial charge in [0.2, 0.25) is 0 Å².